The molecule has 1 N–H and O–H groups in total. The van der Waals surface area contributed by atoms with Gasteiger partial charge in [0.15, 0.2) is 5.82 Å². The van der Waals surface area contributed by atoms with Gasteiger partial charge in [-0.25, -0.2) is 9.67 Å². The van der Waals surface area contributed by atoms with Crippen molar-refractivity contribution in [1.29, 1.82) is 0 Å². The van der Waals surface area contributed by atoms with Crippen LogP contribution in [0.2, 0.25) is 0 Å². The summed E-state index contributed by atoms with van der Waals surface area (Å²) in [6, 6.07) is 7.74. The number of likely N-dealkylation sites (tertiary alicyclic amines) is 1. The van der Waals surface area contributed by atoms with Crippen LogP contribution < -0.4 is 5.32 Å². The fraction of sp³-hybridized carbons (Fsp3) is 0.391. The van der Waals surface area contributed by atoms with E-state index < -0.39 is 0 Å². The molecule has 3 atom stereocenters. The highest BCUT2D eigenvalue weighted by Gasteiger charge is 2.44. The minimum absolute atomic E-state index is 0.00968. The molecule has 5 rings (SSSR count). The predicted molar refractivity (Wildman–Crippen MR) is 119 cm³/mol. The van der Waals surface area contributed by atoms with E-state index in [0.717, 1.165) is 29.0 Å². The maximum absolute atomic E-state index is 13.3. The third-order valence-electron chi connectivity index (χ3n) is 6.59. The fourth-order valence-electron chi connectivity index (χ4n) is 4.95. The van der Waals surface area contributed by atoms with Crippen LogP contribution in [0.5, 0.6) is 0 Å². The van der Waals surface area contributed by atoms with Gasteiger partial charge in [-0.05, 0) is 67.7 Å². The van der Waals surface area contributed by atoms with E-state index in [9.17, 15) is 9.59 Å². The van der Waals surface area contributed by atoms with Crippen LogP contribution in [-0.4, -0.2) is 50.6 Å². The Morgan fingerprint density at radius 2 is 1.90 bits per heavy atom. The molecule has 2 amide bonds. The quantitative estimate of drug-likeness (QED) is 0.682. The number of piperidine rings is 1. The molecule has 0 aromatic carbocycles. The Morgan fingerprint density at radius 3 is 2.55 bits per heavy atom. The number of thiophene rings is 1. The number of nitrogens with zero attached hydrogens (tertiary/aromatic N) is 4. The maximum atomic E-state index is 13.3. The Morgan fingerprint density at radius 1 is 1.13 bits per heavy atom. The Balaban J connectivity index is 1.30. The Kier molecular flexibility index (Phi) is 5.09. The van der Waals surface area contributed by atoms with Crippen molar-refractivity contribution in [3.8, 4) is 5.82 Å². The van der Waals surface area contributed by atoms with Crippen LogP contribution in [0, 0.1) is 25.7 Å². The molecule has 1 aliphatic carbocycles. The van der Waals surface area contributed by atoms with Gasteiger partial charge >= 0.3 is 0 Å². The van der Waals surface area contributed by atoms with Crippen molar-refractivity contribution in [3.05, 3.63) is 63.7 Å². The maximum Gasteiger partial charge on any atom is 0.261 e. The summed E-state index contributed by atoms with van der Waals surface area (Å²) in [6.45, 7) is 5.20. The lowest BCUT2D eigenvalue weighted by atomic mass is 9.91. The molecule has 7 nitrogen and oxygen atoms in total. The second-order valence-corrected chi connectivity index (χ2v) is 9.40. The van der Waals surface area contributed by atoms with E-state index in [2.05, 4.69) is 15.4 Å². The summed E-state index contributed by atoms with van der Waals surface area (Å²) in [5, 5.41) is 9.62. The Labute approximate surface area is 185 Å². The third-order valence-corrected chi connectivity index (χ3v) is 7.61. The van der Waals surface area contributed by atoms with Crippen molar-refractivity contribution in [2.75, 3.05) is 13.1 Å². The van der Waals surface area contributed by atoms with Crippen molar-refractivity contribution in [2.45, 2.75) is 32.7 Å². The number of amides is 2. The first-order valence-electron chi connectivity index (χ1n) is 10.6. The van der Waals surface area contributed by atoms with Gasteiger partial charge in [0.25, 0.3) is 11.8 Å². The zero-order valence-corrected chi connectivity index (χ0v) is 18.4. The molecule has 1 unspecified atom stereocenters. The third kappa shape index (κ3) is 3.54. The molecule has 1 saturated carbocycles. The minimum Gasteiger partial charge on any atom is -0.348 e. The van der Waals surface area contributed by atoms with E-state index in [4.69, 9.17) is 0 Å². The van der Waals surface area contributed by atoms with Crippen LogP contribution in [0.25, 0.3) is 5.82 Å². The number of pyridine rings is 1. The molecule has 0 radical (unpaired) electrons. The summed E-state index contributed by atoms with van der Waals surface area (Å²) >= 11 is 1.48. The number of carbonyl (C=O) groups excluding carboxylic acids is 2. The lowest BCUT2D eigenvalue weighted by molar-refractivity contribution is 0.0598. The number of hydrogen-bond acceptors (Lipinski definition) is 5. The molecule has 2 bridgehead atoms. The lowest BCUT2D eigenvalue weighted by Crippen LogP contribution is -2.54. The second-order valence-electron chi connectivity index (χ2n) is 8.48. The van der Waals surface area contributed by atoms with Crippen LogP contribution in [0.1, 0.15) is 44.1 Å². The number of nitrogens with one attached hydrogen (secondary N) is 1. The predicted octanol–water partition coefficient (Wildman–Crippen LogP) is 3.23. The fourth-order valence-corrected chi connectivity index (χ4v) is 5.77. The largest absolute Gasteiger partial charge is 0.348 e. The number of carbonyl (C=O) groups is 2. The smallest absolute Gasteiger partial charge is 0.261 e. The summed E-state index contributed by atoms with van der Waals surface area (Å²) in [5.41, 5.74) is 2.42. The molecule has 160 valence electrons. The van der Waals surface area contributed by atoms with E-state index in [-0.39, 0.29) is 29.7 Å². The van der Waals surface area contributed by atoms with E-state index in [1.165, 1.54) is 11.3 Å². The van der Waals surface area contributed by atoms with Gasteiger partial charge in [-0.2, -0.15) is 5.10 Å². The standard InChI is InChI=1S/C23H25N5O2S/c1-14-8-10-31-21(14)22(29)26-20-16-6-7-17(20)13-27(12-16)23(30)18-11-25-28(15(18)2)19-5-3-4-9-24-19/h3-5,8-11,16-17,20H,6-7,12-13H2,1-2H3,(H,26,29)/t16-,17+,20?. The molecular formula is C23H25N5O2S. The van der Waals surface area contributed by atoms with E-state index >= 15 is 0 Å². The SMILES string of the molecule is Cc1ccsc1C(=O)NC1[C@@H]2CC[C@H]1CN(C(=O)c1cnn(-c3ccccn3)c1C)C2. The molecular weight excluding hydrogens is 410 g/mol. The molecule has 3 aromatic rings. The molecule has 8 heteroatoms. The monoisotopic (exact) mass is 435 g/mol. The van der Waals surface area contributed by atoms with Crippen LogP contribution in [-0.2, 0) is 0 Å². The molecule has 2 fully saturated rings. The first kappa shape index (κ1) is 19.9. The van der Waals surface area contributed by atoms with Gasteiger partial charge in [0.05, 0.1) is 22.3 Å². The zero-order chi connectivity index (χ0) is 21.5. The average Bonchev–Trinajstić information content (AvgIpc) is 3.43. The van der Waals surface area contributed by atoms with Crippen molar-refractivity contribution in [3.63, 3.8) is 0 Å². The average molecular weight is 436 g/mol. The first-order chi connectivity index (χ1) is 15.0. The molecule has 0 spiro atoms. The van der Waals surface area contributed by atoms with Gasteiger partial charge in [0.1, 0.15) is 0 Å². The van der Waals surface area contributed by atoms with E-state index in [1.807, 2.05) is 48.4 Å². The zero-order valence-electron chi connectivity index (χ0n) is 17.6. The Bertz CT molecular complexity index is 1110. The molecule has 4 heterocycles. The number of aromatic nitrogens is 3. The summed E-state index contributed by atoms with van der Waals surface area (Å²) in [4.78, 5) is 33.1. The van der Waals surface area contributed by atoms with Crippen LogP contribution in [0.3, 0.4) is 0 Å². The van der Waals surface area contributed by atoms with Gasteiger partial charge < -0.3 is 10.2 Å². The molecule has 1 aliphatic heterocycles. The minimum atomic E-state index is 0.00968. The van der Waals surface area contributed by atoms with E-state index in [1.54, 1.807) is 17.1 Å². The van der Waals surface area contributed by atoms with Crippen molar-refractivity contribution in [1.82, 2.24) is 25.0 Å². The molecule has 1 saturated heterocycles. The van der Waals surface area contributed by atoms with Crippen molar-refractivity contribution < 1.29 is 9.59 Å². The number of rotatable bonds is 4. The van der Waals surface area contributed by atoms with E-state index in [0.29, 0.717) is 24.5 Å². The number of fused-ring (bicyclic) bond motifs is 2. The van der Waals surface area contributed by atoms with Crippen LogP contribution in [0.15, 0.2) is 42.0 Å². The number of hydrogen-bond donors (Lipinski definition) is 1. The Hall–Kier alpha value is -3.00. The topological polar surface area (TPSA) is 80.1 Å². The highest BCUT2D eigenvalue weighted by Crippen LogP contribution is 2.38. The van der Waals surface area contributed by atoms with Gasteiger partial charge in [-0.3, -0.25) is 9.59 Å². The lowest BCUT2D eigenvalue weighted by Gasteiger charge is -2.38. The molecule has 31 heavy (non-hydrogen) atoms. The van der Waals surface area contributed by atoms with Crippen molar-refractivity contribution >= 4 is 23.2 Å². The van der Waals surface area contributed by atoms with Crippen LogP contribution >= 0.6 is 11.3 Å². The highest BCUT2D eigenvalue weighted by atomic mass is 32.1. The van der Waals surface area contributed by atoms with Gasteiger partial charge in [-0.15, -0.1) is 11.3 Å². The highest BCUT2D eigenvalue weighted by molar-refractivity contribution is 7.12. The molecule has 3 aromatic heterocycles. The second kappa shape index (κ2) is 7.92. The summed E-state index contributed by atoms with van der Waals surface area (Å²) in [5.74, 6) is 1.30. The number of aryl methyl sites for hydroxylation is 1. The summed E-state index contributed by atoms with van der Waals surface area (Å²) in [7, 11) is 0. The van der Waals surface area contributed by atoms with Crippen LogP contribution in [0.4, 0.5) is 0 Å². The van der Waals surface area contributed by atoms with Gasteiger partial charge in [0.2, 0.25) is 0 Å². The first-order valence-corrected chi connectivity index (χ1v) is 11.5. The summed E-state index contributed by atoms with van der Waals surface area (Å²) < 4.78 is 1.71. The van der Waals surface area contributed by atoms with Gasteiger partial charge in [-0.1, -0.05) is 6.07 Å². The van der Waals surface area contributed by atoms with Crippen molar-refractivity contribution in [2.24, 2.45) is 11.8 Å². The summed E-state index contributed by atoms with van der Waals surface area (Å²) in [6.07, 6.45) is 5.43. The molecule has 2 aliphatic rings. The van der Waals surface area contributed by atoms with Gasteiger partial charge in [0, 0.05) is 25.3 Å². The normalized spacial score (nSPS) is 22.5.